The van der Waals surface area contributed by atoms with Crippen LogP contribution in [-0.4, -0.2) is 12.6 Å². The molecule has 82 valence electrons. The standard InChI is InChI=1S/C12H15Cl2N/c1-8(7-15-10-3-4-10)11-5-2-9(13)6-12(11)14/h2,5-6,8,10,15H,3-4,7H2,1H3. The molecule has 0 bridgehead atoms. The molecule has 1 unspecified atom stereocenters. The van der Waals surface area contributed by atoms with Crippen molar-refractivity contribution in [2.45, 2.75) is 31.7 Å². The maximum Gasteiger partial charge on any atom is 0.0456 e. The highest BCUT2D eigenvalue weighted by Gasteiger charge is 2.21. The summed E-state index contributed by atoms with van der Waals surface area (Å²) in [5.74, 6) is 0.440. The van der Waals surface area contributed by atoms with Gasteiger partial charge in [-0.2, -0.15) is 0 Å². The fraction of sp³-hybridized carbons (Fsp3) is 0.500. The van der Waals surface area contributed by atoms with Crippen LogP contribution < -0.4 is 5.32 Å². The van der Waals surface area contributed by atoms with Crippen molar-refractivity contribution in [3.8, 4) is 0 Å². The number of rotatable bonds is 4. The van der Waals surface area contributed by atoms with Crippen molar-refractivity contribution in [2.24, 2.45) is 0 Å². The summed E-state index contributed by atoms with van der Waals surface area (Å²) in [6, 6.07) is 6.48. The van der Waals surface area contributed by atoms with Gasteiger partial charge in [0.15, 0.2) is 0 Å². The lowest BCUT2D eigenvalue weighted by Crippen LogP contribution is -2.22. The first-order valence-electron chi connectivity index (χ1n) is 5.35. The highest BCUT2D eigenvalue weighted by atomic mass is 35.5. The molecule has 0 heterocycles. The summed E-state index contributed by atoms with van der Waals surface area (Å²) in [5, 5.41) is 4.98. The van der Waals surface area contributed by atoms with Crippen molar-refractivity contribution in [3.05, 3.63) is 33.8 Å². The van der Waals surface area contributed by atoms with E-state index < -0.39 is 0 Å². The van der Waals surface area contributed by atoms with Crippen LogP contribution in [0.2, 0.25) is 10.0 Å². The molecule has 1 aromatic carbocycles. The van der Waals surface area contributed by atoms with Gasteiger partial charge < -0.3 is 5.32 Å². The van der Waals surface area contributed by atoms with Gasteiger partial charge in [0.2, 0.25) is 0 Å². The van der Waals surface area contributed by atoms with Gasteiger partial charge in [-0.25, -0.2) is 0 Å². The van der Waals surface area contributed by atoms with E-state index in [1.807, 2.05) is 18.2 Å². The van der Waals surface area contributed by atoms with Crippen LogP contribution in [0.3, 0.4) is 0 Å². The van der Waals surface area contributed by atoms with Crippen molar-refractivity contribution in [2.75, 3.05) is 6.54 Å². The quantitative estimate of drug-likeness (QED) is 0.848. The summed E-state index contributed by atoms with van der Waals surface area (Å²) in [6.07, 6.45) is 2.64. The highest BCUT2D eigenvalue weighted by molar-refractivity contribution is 6.35. The van der Waals surface area contributed by atoms with Gasteiger partial charge >= 0.3 is 0 Å². The Bertz CT molecular complexity index is 347. The Labute approximate surface area is 101 Å². The minimum atomic E-state index is 0.440. The van der Waals surface area contributed by atoms with E-state index in [4.69, 9.17) is 23.2 Å². The smallest absolute Gasteiger partial charge is 0.0456 e. The fourth-order valence-electron chi connectivity index (χ4n) is 1.64. The Morgan fingerprint density at radius 2 is 2.13 bits per heavy atom. The zero-order valence-electron chi connectivity index (χ0n) is 8.76. The molecule has 1 fully saturated rings. The molecular weight excluding hydrogens is 229 g/mol. The van der Waals surface area contributed by atoms with Crippen LogP contribution in [-0.2, 0) is 0 Å². The molecule has 0 spiro atoms. The summed E-state index contributed by atoms with van der Waals surface area (Å²) in [6.45, 7) is 3.18. The average molecular weight is 244 g/mol. The van der Waals surface area contributed by atoms with Crippen molar-refractivity contribution in [1.82, 2.24) is 5.32 Å². The molecule has 1 aromatic rings. The lowest BCUT2D eigenvalue weighted by molar-refractivity contribution is 0.612. The lowest BCUT2D eigenvalue weighted by atomic mass is 10.0. The Hall–Kier alpha value is -0.240. The largest absolute Gasteiger partial charge is 0.313 e. The molecule has 0 aromatic heterocycles. The fourth-order valence-corrected chi connectivity index (χ4v) is 2.24. The second-order valence-corrected chi connectivity index (χ2v) is 5.09. The highest BCUT2D eigenvalue weighted by Crippen LogP contribution is 2.28. The third kappa shape index (κ3) is 3.10. The normalized spacial score (nSPS) is 17.8. The van der Waals surface area contributed by atoms with Crippen LogP contribution in [0.15, 0.2) is 18.2 Å². The van der Waals surface area contributed by atoms with E-state index in [-0.39, 0.29) is 0 Å². The van der Waals surface area contributed by atoms with Crippen molar-refractivity contribution in [1.29, 1.82) is 0 Å². The second kappa shape index (κ2) is 4.73. The van der Waals surface area contributed by atoms with Crippen LogP contribution >= 0.6 is 23.2 Å². The van der Waals surface area contributed by atoms with Crippen LogP contribution in [0.25, 0.3) is 0 Å². The zero-order chi connectivity index (χ0) is 10.8. The van der Waals surface area contributed by atoms with Crippen LogP contribution in [0.1, 0.15) is 31.2 Å². The van der Waals surface area contributed by atoms with E-state index >= 15 is 0 Å². The van der Waals surface area contributed by atoms with Crippen molar-refractivity contribution in [3.63, 3.8) is 0 Å². The van der Waals surface area contributed by atoms with E-state index in [1.165, 1.54) is 18.4 Å². The Kier molecular flexibility index (Phi) is 3.55. The summed E-state index contributed by atoms with van der Waals surface area (Å²) in [5.41, 5.74) is 1.18. The summed E-state index contributed by atoms with van der Waals surface area (Å²) in [7, 11) is 0. The summed E-state index contributed by atoms with van der Waals surface area (Å²) >= 11 is 12.0. The Morgan fingerprint density at radius 1 is 1.40 bits per heavy atom. The first-order chi connectivity index (χ1) is 7.16. The van der Waals surface area contributed by atoms with Crippen LogP contribution in [0, 0.1) is 0 Å². The molecule has 0 aliphatic heterocycles. The predicted octanol–water partition coefficient (Wildman–Crippen LogP) is 3.85. The van der Waals surface area contributed by atoms with Gasteiger partial charge in [-0.3, -0.25) is 0 Å². The third-order valence-corrected chi connectivity index (χ3v) is 3.35. The first kappa shape index (κ1) is 11.3. The van der Waals surface area contributed by atoms with Crippen LogP contribution in [0.5, 0.6) is 0 Å². The average Bonchev–Trinajstić information content (AvgIpc) is 2.97. The number of nitrogens with one attached hydrogen (secondary N) is 1. The molecule has 1 N–H and O–H groups in total. The van der Waals surface area contributed by atoms with Gasteiger partial charge in [0, 0.05) is 22.6 Å². The molecule has 0 amide bonds. The van der Waals surface area contributed by atoms with Crippen LogP contribution in [0.4, 0.5) is 0 Å². The first-order valence-corrected chi connectivity index (χ1v) is 6.10. The topological polar surface area (TPSA) is 12.0 Å². The molecule has 1 nitrogen and oxygen atoms in total. The maximum absolute atomic E-state index is 6.14. The molecule has 3 heteroatoms. The SMILES string of the molecule is CC(CNC1CC1)c1ccc(Cl)cc1Cl. The molecule has 1 saturated carbocycles. The van der Waals surface area contributed by atoms with Gasteiger partial charge in [-0.15, -0.1) is 0 Å². The summed E-state index contributed by atoms with van der Waals surface area (Å²) in [4.78, 5) is 0. The molecular formula is C12H15Cl2N. The van der Waals surface area contributed by atoms with Gasteiger partial charge in [0.1, 0.15) is 0 Å². The maximum atomic E-state index is 6.14. The second-order valence-electron chi connectivity index (χ2n) is 4.25. The molecule has 1 aliphatic rings. The van der Waals surface area contributed by atoms with E-state index in [9.17, 15) is 0 Å². The molecule has 0 saturated heterocycles. The monoisotopic (exact) mass is 243 g/mol. The molecule has 1 atom stereocenters. The Morgan fingerprint density at radius 3 is 2.73 bits per heavy atom. The molecule has 15 heavy (non-hydrogen) atoms. The number of halogens is 2. The zero-order valence-corrected chi connectivity index (χ0v) is 10.3. The van der Waals surface area contributed by atoms with E-state index in [1.54, 1.807) is 0 Å². The summed E-state index contributed by atoms with van der Waals surface area (Å²) < 4.78 is 0. The predicted molar refractivity (Wildman–Crippen MR) is 65.9 cm³/mol. The van der Waals surface area contributed by atoms with E-state index in [0.717, 1.165) is 17.6 Å². The van der Waals surface area contributed by atoms with E-state index in [2.05, 4.69) is 12.2 Å². The van der Waals surface area contributed by atoms with Gasteiger partial charge in [-0.05, 0) is 36.5 Å². The molecule has 1 aliphatic carbocycles. The van der Waals surface area contributed by atoms with E-state index in [0.29, 0.717) is 10.9 Å². The Balaban J connectivity index is 1.99. The molecule has 2 rings (SSSR count). The number of hydrogen-bond donors (Lipinski definition) is 1. The minimum absolute atomic E-state index is 0.440. The molecule has 0 radical (unpaired) electrons. The van der Waals surface area contributed by atoms with Gasteiger partial charge in [-0.1, -0.05) is 36.2 Å². The number of benzene rings is 1. The van der Waals surface area contributed by atoms with Gasteiger partial charge in [0.25, 0.3) is 0 Å². The van der Waals surface area contributed by atoms with Crippen molar-refractivity contribution < 1.29 is 0 Å². The lowest BCUT2D eigenvalue weighted by Gasteiger charge is -2.14. The minimum Gasteiger partial charge on any atom is -0.313 e. The third-order valence-electron chi connectivity index (χ3n) is 2.78. The number of hydrogen-bond acceptors (Lipinski definition) is 1. The van der Waals surface area contributed by atoms with Crippen molar-refractivity contribution >= 4 is 23.2 Å². The van der Waals surface area contributed by atoms with Gasteiger partial charge in [0.05, 0.1) is 0 Å².